The Hall–Kier alpha value is -1.89. The number of benzene rings is 1. The van der Waals surface area contributed by atoms with Gasteiger partial charge in [0.1, 0.15) is 0 Å². The molecule has 28 heavy (non-hydrogen) atoms. The lowest BCUT2D eigenvalue weighted by molar-refractivity contribution is -0.116. The number of anilines is 1. The number of halogens is 1. The minimum Gasteiger partial charge on any atom is -0.348 e. The van der Waals surface area contributed by atoms with Gasteiger partial charge in [-0.15, -0.1) is 23.7 Å². The lowest BCUT2D eigenvalue weighted by Crippen LogP contribution is -2.41. The lowest BCUT2D eigenvalue weighted by Gasteiger charge is -2.19. The number of hydrogen-bond donors (Lipinski definition) is 3. The highest BCUT2D eigenvalue weighted by atomic mass is 35.5. The maximum Gasteiger partial charge on any atom is 0.251 e. The van der Waals surface area contributed by atoms with Gasteiger partial charge in [0.05, 0.1) is 0 Å². The molecular weight excluding hydrogens is 394 g/mol. The van der Waals surface area contributed by atoms with Crippen LogP contribution in [0.2, 0.25) is 0 Å². The Morgan fingerprint density at radius 3 is 2.61 bits per heavy atom. The van der Waals surface area contributed by atoms with Crippen molar-refractivity contribution in [2.75, 3.05) is 11.9 Å². The Morgan fingerprint density at radius 2 is 1.96 bits per heavy atom. The zero-order chi connectivity index (χ0) is 19.6. The van der Waals surface area contributed by atoms with Crippen molar-refractivity contribution in [3.05, 3.63) is 52.2 Å². The van der Waals surface area contributed by atoms with Crippen LogP contribution in [0.3, 0.4) is 0 Å². The van der Waals surface area contributed by atoms with E-state index in [1.165, 1.54) is 4.88 Å². The maximum atomic E-state index is 12.5. The zero-order valence-electron chi connectivity index (χ0n) is 16.4. The summed E-state index contributed by atoms with van der Waals surface area (Å²) >= 11 is 1.71. The molecule has 0 aliphatic heterocycles. The molecule has 0 aliphatic carbocycles. The third-order valence-corrected chi connectivity index (χ3v) is 5.13. The van der Waals surface area contributed by atoms with Gasteiger partial charge in [0, 0.05) is 35.1 Å². The van der Waals surface area contributed by atoms with E-state index < -0.39 is 0 Å². The molecule has 0 radical (unpaired) electrons. The second kappa shape index (κ2) is 12.5. The van der Waals surface area contributed by atoms with Crippen molar-refractivity contribution >= 4 is 41.2 Å². The number of carbonyl (C=O) groups excluding carboxylic acids is 2. The second-order valence-electron chi connectivity index (χ2n) is 7.10. The first-order valence-corrected chi connectivity index (χ1v) is 10.3. The molecule has 1 heterocycles. The normalized spacial score (nSPS) is 11.6. The van der Waals surface area contributed by atoms with Crippen LogP contribution in [0, 0.1) is 5.92 Å². The third kappa shape index (κ3) is 8.42. The highest BCUT2D eigenvalue weighted by Gasteiger charge is 2.14. The second-order valence-corrected chi connectivity index (χ2v) is 8.13. The van der Waals surface area contributed by atoms with Crippen molar-refractivity contribution in [2.24, 2.45) is 11.7 Å². The zero-order valence-corrected chi connectivity index (χ0v) is 18.1. The Balaban J connectivity index is 0.00000392. The van der Waals surface area contributed by atoms with Crippen molar-refractivity contribution in [3.8, 4) is 0 Å². The molecule has 0 fully saturated rings. The molecule has 1 atom stereocenters. The summed E-state index contributed by atoms with van der Waals surface area (Å²) in [6.07, 6.45) is 3.00. The van der Waals surface area contributed by atoms with E-state index in [2.05, 4.69) is 30.5 Å². The van der Waals surface area contributed by atoms with E-state index in [9.17, 15) is 9.59 Å². The quantitative estimate of drug-likeness (QED) is 0.534. The summed E-state index contributed by atoms with van der Waals surface area (Å²) in [5, 5.41) is 7.89. The summed E-state index contributed by atoms with van der Waals surface area (Å²) < 4.78 is 0. The van der Waals surface area contributed by atoms with Gasteiger partial charge in [-0.1, -0.05) is 26.0 Å². The van der Waals surface area contributed by atoms with E-state index in [0.717, 1.165) is 19.3 Å². The number of rotatable bonds is 10. The van der Waals surface area contributed by atoms with Crippen molar-refractivity contribution in [1.29, 1.82) is 0 Å². The fraction of sp³-hybridized carbons (Fsp3) is 0.429. The molecule has 0 aliphatic rings. The summed E-state index contributed by atoms with van der Waals surface area (Å²) in [5.74, 6) is 0.252. The minimum absolute atomic E-state index is 0. The standard InChI is InChI=1S/C21H29N3O2S.ClH/c1-15(2)12-18(14-22)24-21(26)16-6-3-7-17(13-16)23-20(25)10-4-8-19-9-5-11-27-19;/h3,5-7,9,11,13,15,18H,4,8,10,12,14,22H2,1-2H3,(H,23,25)(H,24,26);1H. The van der Waals surface area contributed by atoms with Gasteiger partial charge in [-0.2, -0.15) is 0 Å². The average Bonchev–Trinajstić information content (AvgIpc) is 3.14. The van der Waals surface area contributed by atoms with Crippen molar-refractivity contribution in [3.63, 3.8) is 0 Å². The molecule has 0 spiro atoms. The Kier molecular flexibility index (Phi) is 10.8. The number of aryl methyl sites for hydroxylation is 1. The van der Waals surface area contributed by atoms with E-state index in [1.54, 1.807) is 35.6 Å². The van der Waals surface area contributed by atoms with Crippen molar-refractivity contribution in [1.82, 2.24) is 5.32 Å². The third-order valence-electron chi connectivity index (χ3n) is 4.19. The molecule has 2 rings (SSSR count). The first-order valence-electron chi connectivity index (χ1n) is 9.41. The Morgan fingerprint density at radius 1 is 1.18 bits per heavy atom. The predicted octanol–water partition coefficient (Wildman–Crippen LogP) is 4.23. The highest BCUT2D eigenvalue weighted by molar-refractivity contribution is 7.09. The van der Waals surface area contributed by atoms with Crippen LogP contribution in [0.15, 0.2) is 41.8 Å². The van der Waals surface area contributed by atoms with Crippen LogP contribution in [0.1, 0.15) is 48.3 Å². The number of nitrogens with two attached hydrogens (primary N) is 1. The van der Waals surface area contributed by atoms with Gasteiger partial charge >= 0.3 is 0 Å². The molecule has 4 N–H and O–H groups in total. The Labute approximate surface area is 177 Å². The molecule has 2 aromatic rings. The molecule has 1 unspecified atom stereocenters. The van der Waals surface area contributed by atoms with Gasteiger partial charge in [-0.05, 0) is 54.8 Å². The lowest BCUT2D eigenvalue weighted by atomic mass is 10.0. The number of amides is 2. The van der Waals surface area contributed by atoms with Gasteiger partial charge in [-0.25, -0.2) is 0 Å². The van der Waals surface area contributed by atoms with E-state index >= 15 is 0 Å². The fourth-order valence-corrected chi connectivity index (χ4v) is 3.64. The first kappa shape index (κ1) is 24.1. The van der Waals surface area contributed by atoms with Crippen molar-refractivity contribution in [2.45, 2.75) is 45.6 Å². The summed E-state index contributed by atoms with van der Waals surface area (Å²) in [5.41, 5.74) is 6.91. The number of thiophene rings is 1. The van der Waals surface area contributed by atoms with E-state index in [4.69, 9.17) is 5.73 Å². The van der Waals surface area contributed by atoms with E-state index in [1.807, 2.05) is 11.4 Å². The molecule has 1 aromatic carbocycles. The van der Waals surface area contributed by atoms with E-state index in [0.29, 0.717) is 30.1 Å². The molecule has 0 saturated carbocycles. The van der Waals surface area contributed by atoms with Crippen LogP contribution in [0.25, 0.3) is 0 Å². The predicted molar refractivity (Wildman–Crippen MR) is 119 cm³/mol. The van der Waals surface area contributed by atoms with Crippen LogP contribution in [-0.4, -0.2) is 24.4 Å². The summed E-state index contributed by atoms with van der Waals surface area (Å²) in [6, 6.07) is 11.1. The average molecular weight is 424 g/mol. The molecule has 0 bridgehead atoms. The Bertz CT molecular complexity index is 735. The smallest absolute Gasteiger partial charge is 0.251 e. The van der Waals surface area contributed by atoms with Gasteiger partial charge in [0.2, 0.25) is 5.91 Å². The highest BCUT2D eigenvalue weighted by Crippen LogP contribution is 2.14. The fourth-order valence-electron chi connectivity index (χ4n) is 2.89. The summed E-state index contributed by atoms with van der Waals surface area (Å²) in [7, 11) is 0. The largest absolute Gasteiger partial charge is 0.348 e. The number of carbonyl (C=O) groups is 2. The van der Waals surface area contributed by atoms with Crippen LogP contribution >= 0.6 is 23.7 Å². The van der Waals surface area contributed by atoms with Gasteiger partial charge < -0.3 is 16.4 Å². The molecule has 0 saturated heterocycles. The van der Waals surface area contributed by atoms with Crippen LogP contribution in [-0.2, 0) is 11.2 Å². The molecule has 154 valence electrons. The maximum absolute atomic E-state index is 12.5. The number of hydrogen-bond acceptors (Lipinski definition) is 4. The van der Waals surface area contributed by atoms with Gasteiger partial charge in [0.15, 0.2) is 0 Å². The van der Waals surface area contributed by atoms with Crippen molar-refractivity contribution < 1.29 is 9.59 Å². The summed E-state index contributed by atoms with van der Waals surface area (Å²) in [4.78, 5) is 25.9. The van der Waals surface area contributed by atoms with Crippen LogP contribution < -0.4 is 16.4 Å². The van der Waals surface area contributed by atoms with Crippen LogP contribution in [0.4, 0.5) is 5.69 Å². The molecule has 5 nitrogen and oxygen atoms in total. The molecular formula is C21H30ClN3O2S. The molecule has 1 aromatic heterocycles. The van der Waals surface area contributed by atoms with E-state index in [-0.39, 0.29) is 30.3 Å². The van der Waals surface area contributed by atoms with Gasteiger partial charge in [0.25, 0.3) is 5.91 Å². The SMILES string of the molecule is CC(C)CC(CN)NC(=O)c1cccc(NC(=O)CCCc2cccs2)c1.Cl. The molecule has 2 amide bonds. The molecule has 7 heteroatoms. The van der Waals surface area contributed by atoms with Gasteiger partial charge in [-0.3, -0.25) is 9.59 Å². The number of nitrogens with one attached hydrogen (secondary N) is 2. The first-order chi connectivity index (χ1) is 13.0. The van der Waals surface area contributed by atoms with Crippen LogP contribution in [0.5, 0.6) is 0 Å². The monoisotopic (exact) mass is 423 g/mol. The topological polar surface area (TPSA) is 84.2 Å². The summed E-state index contributed by atoms with van der Waals surface area (Å²) in [6.45, 7) is 4.61. The minimum atomic E-state index is -0.167.